The van der Waals surface area contributed by atoms with Crippen LogP contribution in [-0.4, -0.2) is 74.1 Å². The summed E-state index contributed by atoms with van der Waals surface area (Å²) in [5.41, 5.74) is 2.42. The monoisotopic (exact) mass is 395 g/mol. The van der Waals surface area contributed by atoms with E-state index in [9.17, 15) is 14.3 Å². The molecule has 1 heterocycles. The lowest BCUT2D eigenvalue weighted by atomic mass is 9.76. The Labute approximate surface area is 167 Å². The van der Waals surface area contributed by atoms with Gasteiger partial charge in [-0.15, -0.1) is 0 Å². The van der Waals surface area contributed by atoms with Gasteiger partial charge in [0, 0.05) is 23.8 Å². The second kappa shape index (κ2) is 9.96. The van der Waals surface area contributed by atoms with Crippen molar-refractivity contribution >= 4 is 6.41 Å². The summed E-state index contributed by atoms with van der Waals surface area (Å²) >= 11 is 0. The van der Waals surface area contributed by atoms with E-state index in [-0.39, 0.29) is 18.8 Å². The smallest absolute Gasteiger partial charge is 0.211 e. The van der Waals surface area contributed by atoms with Crippen LogP contribution in [0.25, 0.3) is 0 Å². The van der Waals surface area contributed by atoms with E-state index in [0.717, 1.165) is 50.6 Å². The van der Waals surface area contributed by atoms with Gasteiger partial charge in [-0.3, -0.25) is 4.79 Å². The van der Waals surface area contributed by atoms with Crippen molar-refractivity contribution in [1.29, 1.82) is 0 Å². The Morgan fingerprint density at radius 3 is 2.89 bits per heavy atom. The maximum absolute atomic E-state index is 12.6. The second-order valence-electron chi connectivity index (χ2n) is 8.52. The zero-order chi connectivity index (χ0) is 20.1. The maximum atomic E-state index is 12.6. The summed E-state index contributed by atoms with van der Waals surface area (Å²) < 4.78 is 18.5. The van der Waals surface area contributed by atoms with E-state index in [1.165, 1.54) is 5.57 Å². The Balaban J connectivity index is 1.61. The number of ether oxygens (including phenoxy) is 1. The summed E-state index contributed by atoms with van der Waals surface area (Å²) in [7, 11) is 4.07. The lowest BCUT2D eigenvalue weighted by molar-refractivity contribution is -0.109. The molecular formula is C21H34FN3O3. The number of fused-ring (bicyclic) bond motifs is 1. The molecule has 0 bridgehead atoms. The van der Waals surface area contributed by atoms with Gasteiger partial charge in [-0.1, -0.05) is 17.7 Å². The van der Waals surface area contributed by atoms with Crippen molar-refractivity contribution in [3.63, 3.8) is 0 Å². The summed E-state index contributed by atoms with van der Waals surface area (Å²) in [6, 6.07) is 1.02. The van der Waals surface area contributed by atoms with Crippen LogP contribution >= 0.6 is 0 Å². The molecule has 0 aromatic rings. The predicted octanol–water partition coefficient (Wildman–Crippen LogP) is 1.51. The third kappa shape index (κ3) is 5.20. The zero-order valence-electron chi connectivity index (χ0n) is 16.9. The van der Waals surface area contributed by atoms with E-state index in [1.807, 2.05) is 14.1 Å². The number of aliphatic hydroxyl groups excluding tert-OH is 1. The van der Waals surface area contributed by atoms with Crippen molar-refractivity contribution in [2.24, 2.45) is 5.92 Å². The minimum absolute atomic E-state index is 0.0367. The Hall–Kier alpha value is -1.28. The zero-order valence-corrected chi connectivity index (χ0v) is 16.9. The molecule has 0 spiro atoms. The number of piperidine rings is 1. The van der Waals surface area contributed by atoms with E-state index < -0.39 is 12.8 Å². The van der Waals surface area contributed by atoms with E-state index in [1.54, 1.807) is 0 Å². The van der Waals surface area contributed by atoms with Gasteiger partial charge in [-0.2, -0.15) is 0 Å². The number of nitrogens with one attached hydrogen (secondary N) is 2. The molecule has 0 aromatic carbocycles. The van der Waals surface area contributed by atoms with Crippen LogP contribution in [0.5, 0.6) is 0 Å². The fourth-order valence-electron chi connectivity index (χ4n) is 4.84. The second-order valence-corrected chi connectivity index (χ2v) is 8.52. The van der Waals surface area contributed by atoms with Crippen LogP contribution in [0, 0.1) is 5.92 Å². The van der Waals surface area contributed by atoms with Gasteiger partial charge in [0.25, 0.3) is 0 Å². The molecule has 158 valence electrons. The van der Waals surface area contributed by atoms with Crippen LogP contribution < -0.4 is 10.6 Å². The highest BCUT2D eigenvalue weighted by molar-refractivity contribution is 5.50. The van der Waals surface area contributed by atoms with Gasteiger partial charge in [-0.25, -0.2) is 4.39 Å². The first-order valence-electron chi connectivity index (χ1n) is 10.4. The number of halogens is 1. The average molecular weight is 396 g/mol. The number of likely N-dealkylation sites (N-methyl/N-ethyl adjacent to an activating group) is 1. The Morgan fingerprint density at radius 2 is 2.18 bits per heavy atom. The van der Waals surface area contributed by atoms with Crippen LogP contribution in [0.3, 0.4) is 0 Å². The highest BCUT2D eigenvalue weighted by Crippen LogP contribution is 2.36. The van der Waals surface area contributed by atoms with Crippen molar-refractivity contribution in [1.82, 2.24) is 15.5 Å². The summed E-state index contributed by atoms with van der Waals surface area (Å²) in [6.07, 6.45) is 9.94. The molecule has 2 aliphatic carbocycles. The van der Waals surface area contributed by atoms with Gasteiger partial charge >= 0.3 is 0 Å². The lowest BCUT2D eigenvalue weighted by Crippen LogP contribution is -2.52. The third-order valence-corrected chi connectivity index (χ3v) is 6.43. The maximum Gasteiger partial charge on any atom is 0.211 e. The predicted molar refractivity (Wildman–Crippen MR) is 106 cm³/mol. The topological polar surface area (TPSA) is 73.8 Å². The normalized spacial score (nSPS) is 34.2. The Kier molecular flexibility index (Phi) is 7.62. The molecule has 0 saturated carbocycles. The van der Waals surface area contributed by atoms with Crippen molar-refractivity contribution in [2.75, 3.05) is 27.4 Å². The fraction of sp³-hybridized carbons (Fsp3) is 0.762. The SMILES string of the molecule is CN(C)C1CC=C(C2CC[C@@H]3CC(NC=O)=CCC3N2)C[C@H]1OCC(O)CF. The average Bonchev–Trinajstić information content (AvgIpc) is 2.71. The van der Waals surface area contributed by atoms with E-state index >= 15 is 0 Å². The molecule has 4 unspecified atom stereocenters. The molecule has 7 heteroatoms. The number of hydrogen-bond donors (Lipinski definition) is 3. The summed E-state index contributed by atoms with van der Waals surface area (Å²) in [4.78, 5) is 12.8. The summed E-state index contributed by atoms with van der Waals surface area (Å²) in [6.45, 7) is -0.733. The minimum atomic E-state index is -1.05. The minimum Gasteiger partial charge on any atom is -0.388 e. The van der Waals surface area contributed by atoms with Gasteiger partial charge in [0.15, 0.2) is 0 Å². The van der Waals surface area contributed by atoms with Gasteiger partial charge in [0.05, 0.1) is 12.7 Å². The Morgan fingerprint density at radius 1 is 1.36 bits per heavy atom. The molecular weight excluding hydrogens is 361 g/mol. The van der Waals surface area contributed by atoms with Crippen molar-refractivity contribution in [3.8, 4) is 0 Å². The van der Waals surface area contributed by atoms with Gasteiger partial charge in [0.1, 0.15) is 12.8 Å². The molecule has 1 amide bonds. The molecule has 28 heavy (non-hydrogen) atoms. The standard InChI is InChI=1S/C21H34FN3O3/c1-25(2)20-8-4-15(10-21(20)28-12-17(27)11-22)18-6-3-14-9-16(23-13-26)5-7-19(14)24-18/h4-5,13-14,17-21,24,27H,3,6-12H2,1-2H3,(H,23,26)/t14-,17?,18?,19?,20?,21-/m1/s1. The first kappa shape index (κ1) is 21.4. The van der Waals surface area contributed by atoms with Crippen LogP contribution in [0.15, 0.2) is 23.4 Å². The van der Waals surface area contributed by atoms with Crippen molar-refractivity contribution in [3.05, 3.63) is 23.4 Å². The fourth-order valence-corrected chi connectivity index (χ4v) is 4.84. The van der Waals surface area contributed by atoms with Crippen molar-refractivity contribution in [2.45, 2.75) is 68.9 Å². The number of allylic oxidation sites excluding steroid dienone is 1. The molecule has 3 aliphatic rings. The number of amides is 1. The third-order valence-electron chi connectivity index (χ3n) is 6.43. The summed E-state index contributed by atoms with van der Waals surface area (Å²) in [5.74, 6) is 0.564. The van der Waals surface area contributed by atoms with Crippen molar-refractivity contribution < 1.29 is 19.0 Å². The Bertz CT molecular complexity index is 595. The molecule has 1 saturated heterocycles. The highest BCUT2D eigenvalue weighted by atomic mass is 19.1. The van der Waals surface area contributed by atoms with E-state index in [4.69, 9.17) is 4.74 Å². The quantitative estimate of drug-likeness (QED) is 0.429. The van der Waals surface area contributed by atoms with Crippen LogP contribution in [-0.2, 0) is 9.53 Å². The molecule has 1 fully saturated rings. The van der Waals surface area contributed by atoms with Gasteiger partial charge < -0.3 is 25.4 Å². The van der Waals surface area contributed by atoms with Crippen LogP contribution in [0.4, 0.5) is 4.39 Å². The number of rotatable bonds is 8. The first-order chi connectivity index (χ1) is 13.5. The van der Waals surface area contributed by atoms with E-state index in [0.29, 0.717) is 18.0 Å². The van der Waals surface area contributed by atoms with Gasteiger partial charge in [-0.05, 0) is 58.5 Å². The number of carbonyl (C=O) groups is 1. The number of nitrogens with zero attached hydrogens (tertiary/aromatic N) is 1. The van der Waals surface area contributed by atoms with Crippen LogP contribution in [0.2, 0.25) is 0 Å². The molecule has 1 aliphatic heterocycles. The van der Waals surface area contributed by atoms with Crippen LogP contribution in [0.1, 0.15) is 38.5 Å². The largest absolute Gasteiger partial charge is 0.388 e. The number of hydrogen-bond acceptors (Lipinski definition) is 5. The number of carbonyl (C=O) groups excluding carboxylic acids is 1. The molecule has 0 radical (unpaired) electrons. The highest BCUT2D eigenvalue weighted by Gasteiger charge is 2.36. The van der Waals surface area contributed by atoms with Gasteiger partial charge in [0.2, 0.25) is 6.41 Å². The lowest BCUT2D eigenvalue weighted by Gasteiger charge is -2.43. The first-order valence-corrected chi connectivity index (χ1v) is 10.4. The molecule has 3 rings (SSSR count). The molecule has 0 aromatic heterocycles. The number of aliphatic hydroxyl groups is 1. The van der Waals surface area contributed by atoms with E-state index in [2.05, 4.69) is 27.7 Å². The molecule has 6 nitrogen and oxygen atoms in total. The molecule has 6 atom stereocenters. The molecule has 3 N–H and O–H groups in total. The summed E-state index contributed by atoms with van der Waals surface area (Å²) in [5, 5.41) is 16.2. The number of alkyl halides is 1.